The maximum atomic E-state index is 3.55. The summed E-state index contributed by atoms with van der Waals surface area (Å²) >= 11 is 1.93. The van der Waals surface area contributed by atoms with E-state index in [-0.39, 0.29) is 5.54 Å². The lowest BCUT2D eigenvalue weighted by Gasteiger charge is -2.27. The maximum absolute atomic E-state index is 3.55. The second-order valence-electron chi connectivity index (χ2n) is 6.28. The topological polar surface area (TPSA) is 15.3 Å². The Bertz CT molecular complexity index is 365. The molecule has 1 aromatic heterocycles. The van der Waals surface area contributed by atoms with Crippen molar-refractivity contribution in [1.82, 2.24) is 10.2 Å². The number of nitrogens with one attached hydrogen (secondary N) is 1. The second kappa shape index (κ2) is 6.18. The molecule has 0 unspecified atom stereocenters. The van der Waals surface area contributed by atoms with Crippen LogP contribution in [-0.2, 0) is 13.0 Å². The molecule has 3 heteroatoms. The Morgan fingerprint density at radius 1 is 1.33 bits per heavy atom. The molecule has 2 nitrogen and oxygen atoms in total. The molecule has 1 aromatic rings. The van der Waals surface area contributed by atoms with Crippen molar-refractivity contribution in [3.05, 3.63) is 21.9 Å². The quantitative estimate of drug-likeness (QED) is 0.823. The van der Waals surface area contributed by atoms with Crippen LogP contribution in [0.3, 0.4) is 0 Å². The van der Waals surface area contributed by atoms with Gasteiger partial charge in [-0.2, -0.15) is 0 Å². The smallest absolute Gasteiger partial charge is 0.0244 e. The zero-order chi connectivity index (χ0) is 13.0. The van der Waals surface area contributed by atoms with E-state index >= 15 is 0 Å². The Labute approximate surface area is 115 Å². The van der Waals surface area contributed by atoms with Crippen LogP contribution in [0, 0.1) is 0 Å². The number of nitrogens with zero attached hydrogens (tertiary/aromatic N) is 1. The molecule has 2 rings (SSSR count). The highest BCUT2D eigenvalue weighted by Crippen LogP contribution is 2.23. The fourth-order valence-electron chi connectivity index (χ4n) is 2.42. The lowest BCUT2D eigenvalue weighted by atomic mass is 10.1. The summed E-state index contributed by atoms with van der Waals surface area (Å²) in [7, 11) is 0. The van der Waals surface area contributed by atoms with Crippen molar-refractivity contribution in [2.24, 2.45) is 0 Å². The van der Waals surface area contributed by atoms with E-state index in [0.29, 0.717) is 0 Å². The Morgan fingerprint density at radius 2 is 2.17 bits per heavy atom. The van der Waals surface area contributed by atoms with Crippen molar-refractivity contribution in [3.63, 3.8) is 0 Å². The van der Waals surface area contributed by atoms with Crippen LogP contribution >= 0.6 is 11.3 Å². The number of thiophene rings is 1. The van der Waals surface area contributed by atoms with E-state index in [0.717, 1.165) is 6.54 Å². The van der Waals surface area contributed by atoms with Crippen LogP contribution in [0.15, 0.2) is 11.4 Å². The monoisotopic (exact) mass is 266 g/mol. The number of hydrogen-bond donors (Lipinski definition) is 1. The van der Waals surface area contributed by atoms with E-state index in [9.17, 15) is 0 Å². The first-order valence-corrected chi connectivity index (χ1v) is 7.95. The van der Waals surface area contributed by atoms with Gasteiger partial charge in [0.25, 0.3) is 0 Å². The summed E-state index contributed by atoms with van der Waals surface area (Å²) < 4.78 is 0. The lowest BCUT2D eigenvalue weighted by molar-refractivity contribution is 0.249. The predicted molar refractivity (Wildman–Crippen MR) is 80.3 cm³/mol. The molecular weight excluding hydrogens is 240 g/mol. The maximum Gasteiger partial charge on any atom is 0.0244 e. The van der Waals surface area contributed by atoms with Gasteiger partial charge in [-0.1, -0.05) is 0 Å². The van der Waals surface area contributed by atoms with Gasteiger partial charge in [0.2, 0.25) is 0 Å². The third kappa shape index (κ3) is 4.38. The standard InChI is InChI=1S/C15H26N2S/c1-15(2,3)16-8-4-5-9-17-10-6-14-13(12-17)7-11-18-14/h7,11,16H,4-6,8-10,12H2,1-3H3. The van der Waals surface area contributed by atoms with Crippen LogP contribution in [0.5, 0.6) is 0 Å². The van der Waals surface area contributed by atoms with Gasteiger partial charge < -0.3 is 5.32 Å². The normalized spacial score (nSPS) is 16.8. The van der Waals surface area contributed by atoms with Crippen LogP contribution in [-0.4, -0.2) is 30.1 Å². The van der Waals surface area contributed by atoms with E-state index in [1.165, 1.54) is 38.9 Å². The third-order valence-corrected chi connectivity index (χ3v) is 4.47. The molecule has 102 valence electrons. The summed E-state index contributed by atoms with van der Waals surface area (Å²) in [5, 5.41) is 5.79. The Morgan fingerprint density at radius 3 is 2.94 bits per heavy atom. The van der Waals surface area contributed by atoms with Crippen LogP contribution in [0.25, 0.3) is 0 Å². The molecule has 1 aliphatic rings. The highest BCUT2D eigenvalue weighted by Gasteiger charge is 2.16. The van der Waals surface area contributed by atoms with Gasteiger partial charge in [-0.15, -0.1) is 11.3 Å². The van der Waals surface area contributed by atoms with Gasteiger partial charge in [0.1, 0.15) is 0 Å². The summed E-state index contributed by atoms with van der Waals surface area (Å²) in [6.07, 6.45) is 3.85. The van der Waals surface area contributed by atoms with Crippen molar-refractivity contribution in [3.8, 4) is 0 Å². The van der Waals surface area contributed by atoms with E-state index in [1.54, 1.807) is 10.4 Å². The SMILES string of the molecule is CC(C)(C)NCCCCN1CCc2sccc2C1. The first-order valence-electron chi connectivity index (χ1n) is 7.07. The first-order chi connectivity index (χ1) is 8.54. The number of hydrogen-bond acceptors (Lipinski definition) is 3. The van der Waals surface area contributed by atoms with E-state index in [1.807, 2.05) is 11.3 Å². The van der Waals surface area contributed by atoms with Gasteiger partial charge >= 0.3 is 0 Å². The summed E-state index contributed by atoms with van der Waals surface area (Å²) in [4.78, 5) is 4.22. The second-order valence-corrected chi connectivity index (χ2v) is 7.28. The number of unbranched alkanes of at least 4 members (excludes halogenated alkanes) is 1. The van der Waals surface area contributed by atoms with Gasteiger partial charge in [-0.05, 0) is 70.1 Å². The van der Waals surface area contributed by atoms with Crippen LogP contribution < -0.4 is 5.32 Å². The van der Waals surface area contributed by atoms with Gasteiger partial charge in [0, 0.05) is 23.5 Å². The summed E-state index contributed by atoms with van der Waals surface area (Å²) in [6, 6.07) is 2.30. The predicted octanol–water partition coefficient (Wildman–Crippen LogP) is 3.27. The molecule has 0 spiro atoms. The lowest BCUT2D eigenvalue weighted by Crippen LogP contribution is -2.37. The molecule has 0 amide bonds. The largest absolute Gasteiger partial charge is 0.312 e. The molecular formula is C15H26N2S. The molecule has 2 heterocycles. The minimum atomic E-state index is 0.261. The fourth-order valence-corrected chi connectivity index (χ4v) is 3.31. The van der Waals surface area contributed by atoms with Crippen molar-refractivity contribution in [1.29, 1.82) is 0 Å². The van der Waals surface area contributed by atoms with Crippen LogP contribution in [0.2, 0.25) is 0 Å². The minimum Gasteiger partial charge on any atom is -0.312 e. The average molecular weight is 266 g/mol. The van der Waals surface area contributed by atoms with Crippen molar-refractivity contribution in [2.45, 2.75) is 52.1 Å². The fraction of sp³-hybridized carbons (Fsp3) is 0.733. The van der Waals surface area contributed by atoms with Crippen molar-refractivity contribution >= 4 is 11.3 Å². The molecule has 0 aliphatic carbocycles. The highest BCUT2D eigenvalue weighted by atomic mass is 32.1. The number of fused-ring (bicyclic) bond motifs is 1. The third-order valence-electron chi connectivity index (χ3n) is 3.44. The van der Waals surface area contributed by atoms with Gasteiger partial charge in [0.15, 0.2) is 0 Å². The molecule has 0 saturated carbocycles. The molecule has 0 radical (unpaired) electrons. The zero-order valence-corrected chi connectivity index (χ0v) is 12.8. The minimum absolute atomic E-state index is 0.261. The Hall–Kier alpha value is -0.380. The summed E-state index contributed by atoms with van der Waals surface area (Å²) in [5.41, 5.74) is 1.83. The van der Waals surface area contributed by atoms with Gasteiger partial charge in [-0.25, -0.2) is 0 Å². The molecule has 0 atom stereocenters. The molecule has 18 heavy (non-hydrogen) atoms. The van der Waals surface area contributed by atoms with E-state index in [2.05, 4.69) is 42.4 Å². The van der Waals surface area contributed by atoms with Crippen LogP contribution in [0.1, 0.15) is 44.1 Å². The first kappa shape index (κ1) is 14.0. The molecule has 1 aliphatic heterocycles. The Kier molecular flexibility index (Phi) is 4.82. The summed E-state index contributed by atoms with van der Waals surface area (Å²) in [5.74, 6) is 0. The van der Waals surface area contributed by atoms with Gasteiger partial charge in [0.05, 0.1) is 0 Å². The molecule has 1 N–H and O–H groups in total. The zero-order valence-electron chi connectivity index (χ0n) is 12.0. The van der Waals surface area contributed by atoms with E-state index in [4.69, 9.17) is 0 Å². The molecule has 0 aromatic carbocycles. The highest BCUT2D eigenvalue weighted by molar-refractivity contribution is 7.10. The van der Waals surface area contributed by atoms with Gasteiger partial charge in [-0.3, -0.25) is 4.90 Å². The van der Waals surface area contributed by atoms with E-state index < -0.39 is 0 Å². The number of rotatable bonds is 5. The molecule has 0 bridgehead atoms. The van der Waals surface area contributed by atoms with Crippen LogP contribution in [0.4, 0.5) is 0 Å². The van der Waals surface area contributed by atoms with Crippen molar-refractivity contribution < 1.29 is 0 Å². The molecule has 0 fully saturated rings. The summed E-state index contributed by atoms with van der Waals surface area (Å²) in [6.45, 7) is 11.5. The Balaban J connectivity index is 1.61. The van der Waals surface area contributed by atoms with Crippen molar-refractivity contribution in [2.75, 3.05) is 19.6 Å². The average Bonchev–Trinajstić information content (AvgIpc) is 2.74. The molecule has 0 saturated heterocycles.